The zero-order valence-electron chi connectivity index (χ0n) is 17.3. The molecule has 0 aliphatic carbocycles. The minimum absolute atomic E-state index is 0.131. The Labute approximate surface area is 180 Å². The second-order valence-corrected chi connectivity index (χ2v) is 7.13. The van der Waals surface area contributed by atoms with Crippen molar-refractivity contribution in [1.29, 1.82) is 0 Å². The van der Waals surface area contributed by atoms with Crippen LogP contribution in [0.2, 0.25) is 0 Å². The molecule has 0 radical (unpaired) electrons. The first-order valence-corrected chi connectivity index (χ1v) is 9.96. The topological polar surface area (TPSA) is 64.6 Å². The van der Waals surface area contributed by atoms with Gasteiger partial charge in [-0.25, -0.2) is 4.39 Å². The van der Waals surface area contributed by atoms with E-state index in [1.807, 2.05) is 12.1 Å². The second kappa shape index (κ2) is 10.9. The van der Waals surface area contributed by atoms with Crippen LogP contribution in [0, 0.1) is 5.82 Å². The smallest absolute Gasteiger partial charge is 0.262 e. The molecule has 3 aromatic carbocycles. The molecule has 0 spiro atoms. The maximum absolute atomic E-state index is 13.0. The van der Waals surface area contributed by atoms with E-state index in [9.17, 15) is 14.0 Å². The molecule has 0 bridgehead atoms. The Morgan fingerprint density at radius 3 is 2.29 bits per heavy atom. The third-order valence-electron chi connectivity index (χ3n) is 4.50. The summed E-state index contributed by atoms with van der Waals surface area (Å²) in [5, 5.41) is 2.77. The first-order valence-electron chi connectivity index (χ1n) is 9.96. The van der Waals surface area contributed by atoms with E-state index in [2.05, 4.69) is 5.32 Å². The summed E-state index contributed by atoms with van der Waals surface area (Å²) in [5.74, 6) is 0.736. The molecule has 0 saturated carbocycles. The number of hydrogen-bond donors (Lipinski definition) is 1. The average Bonchev–Trinajstić information content (AvgIpc) is 2.77. The van der Waals surface area contributed by atoms with Gasteiger partial charge in [-0.3, -0.25) is 4.79 Å². The Bertz CT molecular complexity index is 1020. The Morgan fingerprint density at radius 2 is 1.58 bits per heavy atom. The molecule has 0 aliphatic heterocycles. The summed E-state index contributed by atoms with van der Waals surface area (Å²) in [4.78, 5) is 23.3. The fourth-order valence-corrected chi connectivity index (χ4v) is 2.83. The predicted molar refractivity (Wildman–Crippen MR) is 117 cm³/mol. The Balaban J connectivity index is 1.46. The number of amides is 1. The van der Waals surface area contributed by atoms with Crippen LogP contribution in [-0.2, 0) is 22.6 Å². The van der Waals surface area contributed by atoms with E-state index in [4.69, 9.17) is 9.47 Å². The largest absolute Gasteiger partial charge is 0.489 e. The highest BCUT2D eigenvalue weighted by atomic mass is 19.1. The molecule has 0 saturated heterocycles. The van der Waals surface area contributed by atoms with Crippen molar-refractivity contribution >= 4 is 17.4 Å². The summed E-state index contributed by atoms with van der Waals surface area (Å²) in [5.41, 5.74) is 2.48. The van der Waals surface area contributed by atoms with Crippen molar-refractivity contribution in [2.45, 2.75) is 26.4 Å². The number of anilines is 1. The fraction of sp³-hybridized carbons (Fsp3) is 0.200. The Hall–Kier alpha value is -3.67. The minimum Gasteiger partial charge on any atom is -0.489 e. The Kier molecular flexibility index (Phi) is 7.76. The minimum atomic E-state index is -0.295. The number of Topliss-reactive ketones (excluding diaryl/α,β-unsaturated/α-hetero) is 1. The molecule has 5 nitrogen and oxygen atoms in total. The van der Waals surface area contributed by atoms with Crippen molar-refractivity contribution in [3.05, 3.63) is 89.7 Å². The summed E-state index contributed by atoms with van der Waals surface area (Å²) >= 11 is 0. The van der Waals surface area contributed by atoms with Crippen LogP contribution in [0.3, 0.4) is 0 Å². The van der Waals surface area contributed by atoms with Crippen LogP contribution in [0.1, 0.15) is 24.5 Å². The number of aryl methyl sites for hydroxylation is 1. The number of carbonyl (C=O) groups excluding carboxylic acids is 2. The van der Waals surface area contributed by atoms with Gasteiger partial charge < -0.3 is 19.6 Å². The van der Waals surface area contributed by atoms with E-state index in [0.717, 1.165) is 11.1 Å². The number of benzene rings is 3. The molecule has 1 N–H and O–H groups in total. The van der Waals surface area contributed by atoms with Gasteiger partial charge in [0.2, 0.25) is 0 Å². The van der Waals surface area contributed by atoms with Crippen molar-refractivity contribution in [1.82, 2.24) is 0 Å². The van der Waals surface area contributed by atoms with Crippen LogP contribution < -0.4 is 14.8 Å². The van der Waals surface area contributed by atoms with Gasteiger partial charge >= 0.3 is 0 Å². The molecule has 160 valence electrons. The lowest BCUT2D eigenvalue weighted by Crippen LogP contribution is -2.20. The number of rotatable bonds is 10. The predicted octanol–water partition coefficient (Wildman–Crippen LogP) is 4.94. The van der Waals surface area contributed by atoms with Gasteiger partial charge in [0.1, 0.15) is 29.7 Å². The van der Waals surface area contributed by atoms with Crippen molar-refractivity contribution < 1.29 is 23.5 Å². The lowest BCUT2D eigenvalue weighted by molar-refractivity contribution is -0.118. The fourth-order valence-electron chi connectivity index (χ4n) is 2.83. The van der Waals surface area contributed by atoms with Crippen LogP contribution >= 0.6 is 0 Å². The van der Waals surface area contributed by atoms with Crippen LogP contribution in [0.15, 0.2) is 72.8 Å². The third-order valence-corrected chi connectivity index (χ3v) is 4.50. The molecule has 0 fully saturated rings. The second-order valence-electron chi connectivity index (χ2n) is 7.13. The molecule has 0 aliphatic rings. The zero-order chi connectivity index (χ0) is 22.1. The summed E-state index contributed by atoms with van der Waals surface area (Å²) in [6.07, 6.45) is 1.20. The summed E-state index contributed by atoms with van der Waals surface area (Å²) < 4.78 is 24.2. The quantitative estimate of drug-likeness (QED) is 0.503. The van der Waals surface area contributed by atoms with E-state index >= 15 is 0 Å². The average molecular weight is 421 g/mol. The van der Waals surface area contributed by atoms with Crippen LogP contribution in [-0.4, -0.2) is 18.3 Å². The molecule has 3 rings (SSSR count). The van der Waals surface area contributed by atoms with Gasteiger partial charge in [0.25, 0.3) is 5.91 Å². The Morgan fingerprint density at radius 1 is 0.871 bits per heavy atom. The molecule has 3 aromatic rings. The van der Waals surface area contributed by atoms with Crippen molar-refractivity contribution in [2.75, 3.05) is 11.9 Å². The zero-order valence-corrected chi connectivity index (χ0v) is 17.3. The molecule has 0 aromatic heterocycles. The third kappa shape index (κ3) is 7.59. The van der Waals surface area contributed by atoms with Crippen LogP contribution in [0.25, 0.3) is 0 Å². The van der Waals surface area contributed by atoms with Crippen molar-refractivity contribution in [3.8, 4) is 11.5 Å². The molecule has 0 heterocycles. The molecule has 1 amide bonds. The molecular formula is C25H24FNO4. The number of halogens is 1. The highest BCUT2D eigenvalue weighted by Crippen LogP contribution is 2.19. The lowest BCUT2D eigenvalue weighted by Gasteiger charge is -2.10. The maximum Gasteiger partial charge on any atom is 0.262 e. The van der Waals surface area contributed by atoms with Gasteiger partial charge in [0.15, 0.2) is 6.61 Å². The number of ether oxygens (including phenoxy) is 2. The summed E-state index contributed by atoms with van der Waals surface area (Å²) in [7, 11) is 0. The first-order chi connectivity index (χ1) is 15.0. The van der Waals surface area contributed by atoms with E-state index in [-0.39, 0.29) is 24.1 Å². The van der Waals surface area contributed by atoms with Gasteiger partial charge in [-0.15, -0.1) is 0 Å². The number of carbonyl (C=O) groups is 2. The first kappa shape index (κ1) is 22.0. The van der Waals surface area contributed by atoms with E-state index in [1.165, 1.54) is 12.1 Å². The normalized spacial score (nSPS) is 10.4. The number of ketones is 1. The molecule has 31 heavy (non-hydrogen) atoms. The number of nitrogens with one attached hydrogen (secondary N) is 1. The van der Waals surface area contributed by atoms with Crippen LogP contribution in [0.4, 0.5) is 10.1 Å². The van der Waals surface area contributed by atoms with Crippen molar-refractivity contribution in [2.24, 2.45) is 0 Å². The summed E-state index contributed by atoms with van der Waals surface area (Å²) in [6, 6.07) is 20.5. The van der Waals surface area contributed by atoms with Crippen molar-refractivity contribution in [3.63, 3.8) is 0 Å². The van der Waals surface area contributed by atoms with Gasteiger partial charge in [0.05, 0.1) is 0 Å². The summed E-state index contributed by atoms with van der Waals surface area (Å²) in [6.45, 7) is 1.74. The van der Waals surface area contributed by atoms with Gasteiger partial charge in [-0.2, -0.15) is 0 Å². The van der Waals surface area contributed by atoms with E-state index in [1.54, 1.807) is 55.5 Å². The van der Waals surface area contributed by atoms with Crippen LogP contribution in [0.5, 0.6) is 11.5 Å². The number of hydrogen-bond acceptors (Lipinski definition) is 4. The van der Waals surface area contributed by atoms with Gasteiger partial charge in [0, 0.05) is 18.2 Å². The lowest BCUT2D eigenvalue weighted by atomic mass is 10.1. The van der Waals surface area contributed by atoms with Gasteiger partial charge in [-0.05, 0) is 60.9 Å². The molecule has 0 unspecified atom stereocenters. The molecule has 0 atom stereocenters. The van der Waals surface area contributed by atoms with E-state index < -0.39 is 0 Å². The van der Waals surface area contributed by atoms with Gasteiger partial charge in [-0.1, -0.05) is 30.3 Å². The maximum atomic E-state index is 13.0. The SMILES string of the molecule is CC(=O)CCc1ccc(OCC(=O)Nc2cccc(OCc3ccc(F)cc3)c2)cc1. The highest BCUT2D eigenvalue weighted by molar-refractivity contribution is 5.92. The molecular weight excluding hydrogens is 397 g/mol. The molecule has 6 heteroatoms. The standard InChI is InChI=1S/C25H24FNO4/c1-18(28)5-6-19-9-13-23(14-10-19)31-17-25(29)27-22-3-2-4-24(15-22)30-16-20-7-11-21(26)12-8-20/h2-4,7-15H,5-6,16-17H2,1H3,(H,27,29). The monoisotopic (exact) mass is 421 g/mol. The highest BCUT2D eigenvalue weighted by Gasteiger charge is 2.06. The van der Waals surface area contributed by atoms with E-state index in [0.29, 0.717) is 36.6 Å².